The molecule has 1 N–H and O–H groups in total. The Morgan fingerprint density at radius 3 is 2.85 bits per heavy atom. The molecule has 0 saturated carbocycles. The Morgan fingerprint density at radius 1 is 1.35 bits per heavy atom. The number of hydrogen-bond acceptors (Lipinski definition) is 4. The van der Waals surface area contributed by atoms with E-state index in [0.29, 0.717) is 23.2 Å². The molecule has 0 radical (unpaired) electrons. The number of allylic oxidation sites excluding steroid dienone is 1. The summed E-state index contributed by atoms with van der Waals surface area (Å²) >= 11 is 3.41. The van der Waals surface area contributed by atoms with E-state index in [4.69, 9.17) is 4.74 Å². The first kappa shape index (κ1) is 17.9. The summed E-state index contributed by atoms with van der Waals surface area (Å²) in [6, 6.07) is 12.3. The first-order valence-corrected chi connectivity index (χ1v) is 8.56. The maximum Gasteiger partial charge on any atom is 0.299 e. The Labute approximate surface area is 158 Å². The minimum Gasteiger partial charge on any atom is -0.496 e. The fourth-order valence-electron chi connectivity index (χ4n) is 2.68. The fraction of sp³-hybridized carbons (Fsp3) is 0.105. The monoisotopic (exact) mass is 413 g/mol. The summed E-state index contributed by atoms with van der Waals surface area (Å²) in [7, 11) is 1.48. The number of halogens is 1. The average molecular weight is 414 g/mol. The molecule has 1 amide bonds. The Hall–Kier alpha value is -2.93. The van der Waals surface area contributed by atoms with Gasteiger partial charge in [-0.3, -0.25) is 4.79 Å². The maximum atomic E-state index is 12.4. The molecule has 0 unspecified atom stereocenters. The van der Waals surface area contributed by atoms with Gasteiger partial charge in [-0.05, 0) is 30.3 Å². The number of hydrogen-bond donors (Lipinski definition) is 1. The van der Waals surface area contributed by atoms with Crippen molar-refractivity contribution in [2.24, 2.45) is 10.2 Å². The van der Waals surface area contributed by atoms with Gasteiger partial charge in [-0.15, -0.1) is 16.8 Å². The van der Waals surface area contributed by atoms with Gasteiger partial charge in [0.2, 0.25) is 5.88 Å². The average Bonchev–Trinajstić information content (AvgIpc) is 2.91. The number of methoxy groups -OCH3 is 1. The van der Waals surface area contributed by atoms with E-state index in [0.717, 1.165) is 9.99 Å². The molecule has 1 aromatic heterocycles. The van der Waals surface area contributed by atoms with Crippen LogP contribution in [0.3, 0.4) is 0 Å². The van der Waals surface area contributed by atoms with Crippen LogP contribution >= 0.6 is 15.9 Å². The minimum atomic E-state index is -0.554. The Bertz CT molecular complexity index is 1020. The van der Waals surface area contributed by atoms with Gasteiger partial charge in [0.1, 0.15) is 5.75 Å². The van der Waals surface area contributed by atoms with E-state index in [9.17, 15) is 9.90 Å². The third kappa shape index (κ3) is 3.25. The molecule has 6 nitrogen and oxygen atoms in total. The van der Waals surface area contributed by atoms with Gasteiger partial charge in [-0.1, -0.05) is 34.1 Å². The summed E-state index contributed by atoms with van der Waals surface area (Å²) in [5, 5.41) is 19.0. The summed E-state index contributed by atoms with van der Waals surface area (Å²) in [6.45, 7) is 4.10. The van der Waals surface area contributed by atoms with Gasteiger partial charge in [0.05, 0.1) is 18.2 Å². The SMILES string of the molecule is C=CCn1c(O)c(N=NC(=O)c2ccccc2OC)c2cc(Br)ccc21. The van der Waals surface area contributed by atoms with Gasteiger partial charge >= 0.3 is 0 Å². The molecule has 2 aromatic carbocycles. The van der Waals surface area contributed by atoms with Gasteiger partial charge in [0.15, 0.2) is 5.69 Å². The van der Waals surface area contributed by atoms with E-state index < -0.39 is 5.91 Å². The topological polar surface area (TPSA) is 76.2 Å². The molecule has 7 heteroatoms. The van der Waals surface area contributed by atoms with Crippen molar-refractivity contribution in [3.05, 3.63) is 65.2 Å². The van der Waals surface area contributed by atoms with Crippen LogP contribution in [0.1, 0.15) is 10.4 Å². The molecule has 0 atom stereocenters. The van der Waals surface area contributed by atoms with Crippen LogP contribution in [0.4, 0.5) is 5.69 Å². The van der Waals surface area contributed by atoms with Crippen molar-refractivity contribution in [3.8, 4) is 11.6 Å². The summed E-state index contributed by atoms with van der Waals surface area (Å²) in [5.74, 6) is -0.214. The summed E-state index contributed by atoms with van der Waals surface area (Å²) < 4.78 is 7.65. The molecule has 0 aliphatic carbocycles. The number of amides is 1. The Kier molecular flexibility index (Phi) is 5.18. The third-order valence-electron chi connectivity index (χ3n) is 3.86. The first-order chi connectivity index (χ1) is 12.6. The molecule has 0 aliphatic rings. The third-order valence-corrected chi connectivity index (χ3v) is 4.36. The highest BCUT2D eigenvalue weighted by atomic mass is 79.9. The number of benzene rings is 2. The van der Waals surface area contributed by atoms with Crippen molar-refractivity contribution >= 4 is 38.4 Å². The maximum absolute atomic E-state index is 12.4. The van der Waals surface area contributed by atoms with Gasteiger partial charge in [-0.25, -0.2) is 0 Å². The lowest BCUT2D eigenvalue weighted by Crippen LogP contribution is -1.97. The number of aromatic nitrogens is 1. The van der Waals surface area contributed by atoms with Gasteiger partial charge in [0, 0.05) is 16.4 Å². The van der Waals surface area contributed by atoms with Crippen LogP contribution in [-0.4, -0.2) is 22.7 Å². The predicted octanol–water partition coefficient (Wildman–Crippen LogP) is 5.23. The van der Waals surface area contributed by atoms with Gasteiger partial charge in [0.25, 0.3) is 5.91 Å². The minimum absolute atomic E-state index is 0.0745. The van der Waals surface area contributed by atoms with Crippen LogP contribution in [0.15, 0.2) is 69.8 Å². The highest BCUT2D eigenvalue weighted by Gasteiger charge is 2.17. The zero-order chi connectivity index (χ0) is 18.7. The lowest BCUT2D eigenvalue weighted by molar-refractivity contribution is 0.0992. The fourth-order valence-corrected chi connectivity index (χ4v) is 3.04. The van der Waals surface area contributed by atoms with Crippen molar-refractivity contribution in [1.82, 2.24) is 4.57 Å². The zero-order valence-electron chi connectivity index (χ0n) is 14.0. The molecule has 0 bridgehead atoms. The lowest BCUT2D eigenvalue weighted by atomic mass is 10.2. The number of fused-ring (bicyclic) bond motifs is 1. The summed E-state index contributed by atoms with van der Waals surface area (Å²) in [5.41, 5.74) is 1.30. The number of para-hydroxylation sites is 1. The van der Waals surface area contributed by atoms with Crippen molar-refractivity contribution in [2.45, 2.75) is 6.54 Å². The number of azo groups is 1. The van der Waals surface area contributed by atoms with Crippen molar-refractivity contribution < 1.29 is 14.6 Å². The normalized spacial score (nSPS) is 11.2. The second kappa shape index (κ2) is 7.53. The molecule has 0 saturated heterocycles. The standard InChI is InChI=1S/C19H16BrN3O3/c1-3-10-23-15-9-8-12(20)11-14(15)17(19(23)25)21-22-18(24)13-6-4-5-7-16(13)26-2/h3-9,11,25H,1,10H2,2H3. The van der Waals surface area contributed by atoms with E-state index in [1.807, 2.05) is 18.2 Å². The molecule has 3 aromatic rings. The van der Waals surface area contributed by atoms with Gasteiger partial charge in [-0.2, -0.15) is 0 Å². The summed E-state index contributed by atoms with van der Waals surface area (Å²) in [6.07, 6.45) is 1.67. The van der Waals surface area contributed by atoms with E-state index in [2.05, 4.69) is 32.7 Å². The Balaban J connectivity index is 2.06. The van der Waals surface area contributed by atoms with E-state index >= 15 is 0 Å². The van der Waals surface area contributed by atoms with E-state index in [1.165, 1.54) is 7.11 Å². The van der Waals surface area contributed by atoms with Crippen LogP contribution in [0.5, 0.6) is 11.6 Å². The van der Waals surface area contributed by atoms with E-state index in [1.54, 1.807) is 34.9 Å². The summed E-state index contributed by atoms with van der Waals surface area (Å²) in [4.78, 5) is 12.4. The highest BCUT2D eigenvalue weighted by Crippen LogP contribution is 2.40. The highest BCUT2D eigenvalue weighted by molar-refractivity contribution is 9.10. The van der Waals surface area contributed by atoms with Crippen LogP contribution in [-0.2, 0) is 6.54 Å². The quantitative estimate of drug-likeness (QED) is 0.459. The van der Waals surface area contributed by atoms with Crippen molar-refractivity contribution in [1.29, 1.82) is 0 Å². The molecule has 1 heterocycles. The number of nitrogens with zero attached hydrogens (tertiary/aromatic N) is 3. The molecular weight excluding hydrogens is 398 g/mol. The molecule has 0 aliphatic heterocycles. The molecule has 0 spiro atoms. The van der Waals surface area contributed by atoms with Crippen LogP contribution in [0.25, 0.3) is 10.9 Å². The second-order valence-electron chi connectivity index (χ2n) is 5.44. The molecular formula is C19H16BrN3O3. The van der Waals surface area contributed by atoms with Crippen molar-refractivity contribution in [2.75, 3.05) is 7.11 Å². The lowest BCUT2D eigenvalue weighted by Gasteiger charge is -2.03. The largest absolute Gasteiger partial charge is 0.496 e. The molecule has 26 heavy (non-hydrogen) atoms. The number of carbonyl (C=O) groups excluding carboxylic acids is 1. The van der Waals surface area contributed by atoms with Crippen LogP contribution < -0.4 is 4.74 Å². The molecule has 3 rings (SSSR count). The number of carbonyl (C=O) groups is 1. The smallest absolute Gasteiger partial charge is 0.299 e. The number of ether oxygens (including phenoxy) is 1. The molecule has 132 valence electrons. The van der Waals surface area contributed by atoms with Crippen LogP contribution in [0.2, 0.25) is 0 Å². The number of rotatable bonds is 5. The molecule has 0 fully saturated rings. The van der Waals surface area contributed by atoms with Crippen LogP contribution in [0, 0.1) is 0 Å². The first-order valence-electron chi connectivity index (χ1n) is 7.77. The van der Waals surface area contributed by atoms with Crippen molar-refractivity contribution in [3.63, 3.8) is 0 Å². The Morgan fingerprint density at radius 2 is 2.12 bits per heavy atom. The second-order valence-corrected chi connectivity index (χ2v) is 6.35. The zero-order valence-corrected chi connectivity index (χ0v) is 15.6. The van der Waals surface area contributed by atoms with E-state index in [-0.39, 0.29) is 11.6 Å². The predicted molar refractivity (Wildman–Crippen MR) is 103 cm³/mol. The number of aromatic hydroxyl groups is 1. The van der Waals surface area contributed by atoms with Gasteiger partial charge < -0.3 is 14.4 Å².